The Bertz CT molecular complexity index is 283. The van der Waals surface area contributed by atoms with Crippen molar-refractivity contribution in [2.45, 2.75) is 5.75 Å². The Morgan fingerprint density at radius 1 is 1.60 bits per heavy atom. The molecule has 10 heavy (non-hydrogen) atoms. The van der Waals surface area contributed by atoms with Crippen LogP contribution in [0.5, 0.6) is 0 Å². The molecule has 0 radical (unpaired) electrons. The van der Waals surface area contributed by atoms with Gasteiger partial charge in [-0.25, -0.2) is 0 Å². The molecule has 1 heterocycles. The molecule has 0 aromatic carbocycles. The van der Waals surface area contributed by atoms with E-state index in [2.05, 4.69) is 4.42 Å². The smallest absolute Gasteiger partial charge is 0.272 e. The van der Waals surface area contributed by atoms with Gasteiger partial charge in [0.2, 0.25) is 0 Å². The van der Waals surface area contributed by atoms with Crippen molar-refractivity contribution in [1.29, 1.82) is 0 Å². The highest BCUT2D eigenvalue weighted by molar-refractivity contribution is 7.84. The van der Waals surface area contributed by atoms with E-state index in [0.29, 0.717) is 0 Å². The van der Waals surface area contributed by atoms with Gasteiger partial charge >= 0.3 is 0 Å². The van der Waals surface area contributed by atoms with Crippen LogP contribution in [-0.2, 0) is 15.9 Å². The van der Waals surface area contributed by atoms with Gasteiger partial charge in [0.25, 0.3) is 10.1 Å². The number of hydrogen-bond donors (Lipinski definition) is 1. The fraction of sp³-hybridized carbons (Fsp3) is 0.200. The summed E-state index contributed by atoms with van der Waals surface area (Å²) in [4.78, 5) is 0. The van der Waals surface area contributed by atoms with Gasteiger partial charge in [0.05, 0.1) is 6.26 Å². The van der Waals surface area contributed by atoms with Crippen molar-refractivity contribution in [3.05, 3.63) is 24.2 Å². The van der Waals surface area contributed by atoms with Crippen LogP contribution in [0.2, 0.25) is 0 Å². The summed E-state index contributed by atoms with van der Waals surface area (Å²) < 4.78 is 33.4. The summed E-state index contributed by atoms with van der Waals surface area (Å²) in [5, 5.41) is 0. The largest absolute Gasteiger partial charge is 0.468 e. The van der Waals surface area contributed by atoms with Crippen LogP contribution in [0.4, 0.5) is 0 Å². The van der Waals surface area contributed by atoms with E-state index in [1.165, 1.54) is 12.3 Å². The molecule has 0 spiro atoms. The minimum atomic E-state index is -3.94. The molecule has 0 fully saturated rings. The molecule has 0 atom stereocenters. The summed E-state index contributed by atoms with van der Waals surface area (Å²) in [6.07, 6.45) is 1.35. The fourth-order valence-electron chi connectivity index (χ4n) is 0.574. The zero-order chi connectivity index (χ0) is 7.61. The molecular weight excluding hydrogens is 156 g/mol. The lowest BCUT2D eigenvalue weighted by atomic mass is 10.5. The molecule has 5 heteroatoms. The Morgan fingerprint density at radius 3 is 2.70 bits per heavy atom. The molecule has 1 N–H and O–H groups in total. The predicted molar refractivity (Wildman–Crippen MR) is 34.0 cm³/mol. The van der Waals surface area contributed by atoms with E-state index in [-0.39, 0.29) is 5.76 Å². The average molecular weight is 162 g/mol. The summed E-state index contributed by atoms with van der Waals surface area (Å²) in [6.45, 7) is 0. The van der Waals surface area contributed by atoms with Gasteiger partial charge in [-0.15, -0.1) is 0 Å². The second-order valence-electron chi connectivity index (χ2n) is 1.81. The van der Waals surface area contributed by atoms with Gasteiger partial charge in [-0.05, 0) is 12.1 Å². The molecule has 1 aromatic rings. The summed E-state index contributed by atoms with van der Waals surface area (Å²) in [5.41, 5.74) is 0. The molecule has 0 unspecified atom stereocenters. The fourth-order valence-corrected chi connectivity index (χ4v) is 1.10. The highest BCUT2D eigenvalue weighted by Crippen LogP contribution is 2.03. The van der Waals surface area contributed by atoms with Crippen LogP contribution in [0.15, 0.2) is 22.8 Å². The lowest BCUT2D eigenvalue weighted by Crippen LogP contribution is -1.99. The summed E-state index contributed by atoms with van der Waals surface area (Å²) in [6, 6.07) is 3.04. The molecule has 4 nitrogen and oxygen atoms in total. The van der Waals surface area contributed by atoms with Crippen molar-refractivity contribution in [1.82, 2.24) is 0 Å². The van der Waals surface area contributed by atoms with Crippen molar-refractivity contribution in [2.24, 2.45) is 0 Å². The van der Waals surface area contributed by atoms with Crippen LogP contribution in [-0.4, -0.2) is 13.0 Å². The Kier molecular flexibility index (Phi) is 1.78. The van der Waals surface area contributed by atoms with E-state index in [0.717, 1.165) is 0 Å². The zero-order valence-electron chi connectivity index (χ0n) is 5.02. The summed E-state index contributed by atoms with van der Waals surface area (Å²) >= 11 is 0. The van der Waals surface area contributed by atoms with Gasteiger partial charge in [-0.3, -0.25) is 4.55 Å². The molecule has 0 aliphatic carbocycles. The van der Waals surface area contributed by atoms with Crippen molar-refractivity contribution >= 4 is 10.1 Å². The van der Waals surface area contributed by atoms with E-state index in [1.54, 1.807) is 6.07 Å². The number of hydrogen-bond acceptors (Lipinski definition) is 3. The maximum Gasteiger partial charge on any atom is 0.272 e. The van der Waals surface area contributed by atoms with Crippen LogP contribution < -0.4 is 0 Å². The first-order chi connectivity index (χ1) is 4.58. The van der Waals surface area contributed by atoms with Gasteiger partial charge in [-0.1, -0.05) is 0 Å². The molecule has 1 rings (SSSR count). The molecule has 0 saturated carbocycles. The van der Waals surface area contributed by atoms with Crippen molar-refractivity contribution in [3.63, 3.8) is 0 Å². The second kappa shape index (κ2) is 2.43. The molecule has 0 aliphatic rings. The molecule has 0 amide bonds. The third kappa shape index (κ3) is 2.20. The van der Waals surface area contributed by atoms with Crippen LogP contribution in [0.3, 0.4) is 0 Å². The van der Waals surface area contributed by atoms with Gasteiger partial charge in [0, 0.05) is 0 Å². The molecule has 1 aromatic heterocycles. The van der Waals surface area contributed by atoms with E-state index in [9.17, 15) is 8.42 Å². The Hall–Kier alpha value is -0.810. The lowest BCUT2D eigenvalue weighted by Gasteiger charge is -1.89. The SMILES string of the molecule is O=S(=O)(O)Cc1ccco1. The minimum Gasteiger partial charge on any atom is -0.468 e. The highest BCUT2D eigenvalue weighted by Gasteiger charge is 2.07. The normalized spacial score (nSPS) is 11.7. The molecular formula is C5H6O4S. The Labute approximate surface area is 58.2 Å². The number of furan rings is 1. The minimum absolute atomic E-state index is 0.238. The van der Waals surface area contributed by atoms with Gasteiger partial charge in [0.1, 0.15) is 11.5 Å². The maximum absolute atomic E-state index is 10.2. The first-order valence-corrected chi connectivity index (χ1v) is 4.16. The molecule has 0 bridgehead atoms. The van der Waals surface area contributed by atoms with Crippen LogP contribution >= 0.6 is 0 Å². The summed E-state index contributed by atoms with van der Waals surface area (Å²) in [5.74, 6) is -0.220. The number of rotatable bonds is 2. The average Bonchev–Trinajstić information content (AvgIpc) is 2.12. The van der Waals surface area contributed by atoms with Gasteiger partial charge in [0.15, 0.2) is 0 Å². The van der Waals surface area contributed by atoms with Gasteiger partial charge in [-0.2, -0.15) is 8.42 Å². The third-order valence-corrected chi connectivity index (χ3v) is 1.55. The van der Waals surface area contributed by atoms with E-state index >= 15 is 0 Å². The lowest BCUT2D eigenvalue weighted by molar-refractivity contribution is 0.467. The Morgan fingerprint density at radius 2 is 2.30 bits per heavy atom. The zero-order valence-corrected chi connectivity index (χ0v) is 5.84. The molecule has 0 aliphatic heterocycles. The van der Waals surface area contributed by atoms with Crippen molar-refractivity contribution < 1.29 is 17.4 Å². The van der Waals surface area contributed by atoms with Gasteiger partial charge < -0.3 is 4.42 Å². The quantitative estimate of drug-likeness (QED) is 0.649. The summed E-state index contributed by atoms with van der Waals surface area (Å²) in [7, 11) is -3.94. The molecule has 0 saturated heterocycles. The molecule has 56 valence electrons. The second-order valence-corrected chi connectivity index (χ2v) is 3.26. The van der Waals surface area contributed by atoms with E-state index in [1.807, 2.05) is 0 Å². The van der Waals surface area contributed by atoms with Crippen LogP contribution in [0, 0.1) is 0 Å². The Balaban J connectivity index is 2.75. The van der Waals surface area contributed by atoms with Crippen LogP contribution in [0.25, 0.3) is 0 Å². The topological polar surface area (TPSA) is 67.5 Å². The maximum atomic E-state index is 10.2. The van der Waals surface area contributed by atoms with Crippen molar-refractivity contribution in [2.75, 3.05) is 0 Å². The monoisotopic (exact) mass is 162 g/mol. The first kappa shape index (κ1) is 7.30. The van der Waals surface area contributed by atoms with E-state index in [4.69, 9.17) is 4.55 Å². The van der Waals surface area contributed by atoms with Crippen LogP contribution in [0.1, 0.15) is 5.76 Å². The van der Waals surface area contributed by atoms with E-state index < -0.39 is 15.9 Å². The predicted octanol–water partition coefficient (Wildman–Crippen LogP) is 0.667. The standard InChI is InChI=1S/C5H6O4S/c6-10(7,8)4-5-2-1-3-9-5/h1-3H,4H2,(H,6,7,8). The first-order valence-electron chi connectivity index (χ1n) is 2.55. The third-order valence-electron chi connectivity index (χ3n) is 0.905. The van der Waals surface area contributed by atoms with Crippen molar-refractivity contribution in [3.8, 4) is 0 Å². The highest BCUT2D eigenvalue weighted by atomic mass is 32.2.